The summed E-state index contributed by atoms with van der Waals surface area (Å²) >= 11 is 6.17. The second-order valence-corrected chi connectivity index (χ2v) is 8.18. The van der Waals surface area contributed by atoms with E-state index in [4.69, 9.17) is 16.3 Å². The molecule has 5 nitrogen and oxygen atoms in total. The van der Waals surface area contributed by atoms with Gasteiger partial charge in [-0.15, -0.1) is 0 Å². The fraction of sp³-hybridized carbons (Fsp3) is 0.154. The van der Waals surface area contributed by atoms with Crippen molar-refractivity contribution in [2.24, 2.45) is 0 Å². The van der Waals surface area contributed by atoms with Crippen molar-refractivity contribution in [2.75, 3.05) is 12.0 Å². The van der Waals surface area contributed by atoms with E-state index in [2.05, 4.69) is 0 Å². The molecule has 0 saturated carbocycles. The number of halogens is 2. The fourth-order valence-corrected chi connectivity index (χ4v) is 4.39. The predicted molar refractivity (Wildman–Crippen MR) is 127 cm³/mol. The van der Waals surface area contributed by atoms with Gasteiger partial charge in [0.2, 0.25) is 0 Å². The Hall–Kier alpha value is -3.64. The number of amides is 1. The van der Waals surface area contributed by atoms with Crippen molar-refractivity contribution in [3.63, 3.8) is 0 Å². The molecular formula is C26H22ClFN2O3. The van der Waals surface area contributed by atoms with Crippen LogP contribution in [0.4, 0.5) is 10.1 Å². The Kier molecular flexibility index (Phi) is 5.95. The fourth-order valence-electron chi connectivity index (χ4n) is 4.20. The molecule has 1 aliphatic heterocycles. The molecule has 0 N–H and O–H groups in total. The third-order valence-electron chi connectivity index (χ3n) is 5.72. The molecule has 168 valence electrons. The van der Waals surface area contributed by atoms with Crippen LogP contribution in [-0.2, 0) is 14.3 Å². The largest absolute Gasteiger partial charge is 0.465 e. The van der Waals surface area contributed by atoms with Gasteiger partial charge in [0, 0.05) is 27.8 Å². The van der Waals surface area contributed by atoms with Crippen LogP contribution in [0.5, 0.6) is 0 Å². The van der Waals surface area contributed by atoms with Crippen LogP contribution < -0.4 is 4.90 Å². The van der Waals surface area contributed by atoms with E-state index in [-0.39, 0.29) is 16.8 Å². The minimum atomic E-state index is -0.658. The molecule has 0 unspecified atom stereocenters. The van der Waals surface area contributed by atoms with Gasteiger partial charge in [-0.05, 0) is 68.8 Å². The van der Waals surface area contributed by atoms with E-state index in [1.165, 1.54) is 24.1 Å². The number of esters is 1. The molecule has 0 saturated heterocycles. The van der Waals surface area contributed by atoms with Crippen molar-refractivity contribution >= 4 is 35.2 Å². The first-order valence-electron chi connectivity index (χ1n) is 10.3. The minimum absolute atomic E-state index is 0.0780. The lowest BCUT2D eigenvalue weighted by atomic mass is 10.0. The summed E-state index contributed by atoms with van der Waals surface area (Å²) in [7, 11) is 1.25. The van der Waals surface area contributed by atoms with Crippen molar-refractivity contribution in [3.8, 4) is 5.69 Å². The second-order valence-electron chi connectivity index (χ2n) is 7.74. The molecule has 0 spiro atoms. The van der Waals surface area contributed by atoms with Crippen LogP contribution in [0.1, 0.15) is 23.9 Å². The lowest BCUT2D eigenvalue weighted by Crippen LogP contribution is -2.25. The average Bonchev–Trinajstić information content (AvgIpc) is 3.20. The van der Waals surface area contributed by atoms with E-state index in [1.807, 2.05) is 42.7 Å². The molecule has 4 rings (SSSR count). The van der Waals surface area contributed by atoms with Crippen molar-refractivity contribution in [1.29, 1.82) is 0 Å². The Balaban J connectivity index is 1.87. The van der Waals surface area contributed by atoms with Gasteiger partial charge in [-0.1, -0.05) is 29.8 Å². The highest BCUT2D eigenvalue weighted by Gasteiger charge is 2.39. The summed E-state index contributed by atoms with van der Waals surface area (Å²) in [5.74, 6) is -1.71. The average molecular weight is 465 g/mol. The van der Waals surface area contributed by atoms with Crippen LogP contribution in [0.3, 0.4) is 0 Å². The molecule has 0 atom stereocenters. The number of benzene rings is 2. The lowest BCUT2D eigenvalue weighted by molar-refractivity contribution is -0.136. The number of aryl methyl sites for hydroxylation is 1. The maximum atomic E-state index is 14.5. The third kappa shape index (κ3) is 3.87. The van der Waals surface area contributed by atoms with Gasteiger partial charge >= 0.3 is 5.97 Å². The van der Waals surface area contributed by atoms with Crippen molar-refractivity contribution < 1.29 is 18.7 Å². The molecule has 2 aromatic carbocycles. The van der Waals surface area contributed by atoms with Gasteiger partial charge in [0.05, 0.1) is 23.9 Å². The van der Waals surface area contributed by atoms with Gasteiger partial charge < -0.3 is 9.30 Å². The SMILES string of the molecule is COC(=O)C1=C(C)N(c2ccccc2F)C(=O)/C1=C\c1cc(C)n(-c2cccc(Cl)c2)c1C. The van der Waals surface area contributed by atoms with Gasteiger partial charge in [0.25, 0.3) is 5.91 Å². The maximum absolute atomic E-state index is 14.5. The molecule has 33 heavy (non-hydrogen) atoms. The Morgan fingerprint density at radius 3 is 2.45 bits per heavy atom. The van der Waals surface area contributed by atoms with Crippen LogP contribution in [0.15, 0.2) is 71.4 Å². The van der Waals surface area contributed by atoms with Crippen LogP contribution in [0, 0.1) is 19.7 Å². The number of allylic oxidation sites excluding steroid dienone is 1. The Bertz CT molecular complexity index is 1350. The van der Waals surface area contributed by atoms with Crippen molar-refractivity contribution in [2.45, 2.75) is 20.8 Å². The Morgan fingerprint density at radius 2 is 1.79 bits per heavy atom. The number of aromatic nitrogens is 1. The standard InChI is InChI=1S/C26H22ClFN2O3/c1-15-12-18(16(2)29(15)20-9-7-8-19(27)14-20)13-21-24(26(32)33-4)17(3)30(25(21)31)23-11-6-5-10-22(23)28/h5-14H,1-4H3/b21-13-. The molecule has 0 aliphatic carbocycles. The number of carbonyl (C=O) groups excluding carboxylic acids is 2. The Morgan fingerprint density at radius 1 is 1.06 bits per heavy atom. The number of rotatable bonds is 4. The highest BCUT2D eigenvalue weighted by atomic mass is 35.5. The zero-order valence-corrected chi connectivity index (χ0v) is 19.4. The maximum Gasteiger partial charge on any atom is 0.340 e. The number of ether oxygens (including phenoxy) is 1. The van der Waals surface area contributed by atoms with Crippen LogP contribution in [0.25, 0.3) is 11.8 Å². The van der Waals surface area contributed by atoms with E-state index in [0.717, 1.165) is 22.6 Å². The predicted octanol–water partition coefficient (Wildman–Crippen LogP) is 5.76. The molecule has 0 bridgehead atoms. The molecule has 1 amide bonds. The van der Waals surface area contributed by atoms with E-state index in [1.54, 1.807) is 31.2 Å². The number of para-hydroxylation sites is 1. The zero-order chi connectivity index (χ0) is 23.9. The number of methoxy groups -OCH3 is 1. The van der Waals surface area contributed by atoms with Crippen LogP contribution in [-0.4, -0.2) is 23.6 Å². The summed E-state index contributed by atoms with van der Waals surface area (Å²) in [5.41, 5.74) is 4.07. The molecule has 3 aromatic rings. The molecule has 7 heteroatoms. The number of nitrogens with zero attached hydrogens (tertiary/aromatic N) is 2. The van der Waals surface area contributed by atoms with E-state index in [0.29, 0.717) is 10.7 Å². The van der Waals surface area contributed by atoms with E-state index < -0.39 is 17.7 Å². The van der Waals surface area contributed by atoms with Crippen molar-refractivity contribution in [3.05, 3.63) is 99.2 Å². The first-order chi connectivity index (χ1) is 15.7. The third-order valence-corrected chi connectivity index (χ3v) is 5.95. The summed E-state index contributed by atoms with van der Waals surface area (Å²) in [6.07, 6.45) is 1.66. The van der Waals surface area contributed by atoms with Crippen LogP contribution in [0.2, 0.25) is 5.02 Å². The van der Waals surface area contributed by atoms with Crippen molar-refractivity contribution in [1.82, 2.24) is 4.57 Å². The molecule has 1 aromatic heterocycles. The first kappa shape index (κ1) is 22.6. The highest BCUT2D eigenvalue weighted by Crippen LogP contribution is 2.37. The van der Waals surface area contributed by atoms with Gasteiger partial charge in [0.1, 0.15) is 5.82 Å². The number of hydrogen-bond donors (Lipinski definition) is 0. The molecule has 0 fully saturated rings. The molecule has 2 heterocycles. The summed E-state index contributed by atoms with van der Waals surface area (Å²) in [6.45, 7) is 5.47. The lowest BCUT2D eigenvalue weighted by Gasteiger charge is -2.18. The van der Waals surface area contributed by atoms with E-state index >= 15 is 0 Å². The summed E-state index contributed by atoms with van der Waals surface area (Å²) in [5, 5.41) is 0.609. The number of anilines is 1. The minimum Gasteiger partial charge on any atom is -0.465 e. The molecule has 1 aliphatic rings. The number of hydrogen-bond acceptors (Lipinski definition) is 3. The Labute approximate surface area is 196 Å². The molecular weight excluding hydrogens is 443 g/mol. The van der Waals surface area contributed by atoms with E-state index in [9.17, 15) is 14.0 Å². The second kappa shape index (κ2) is 8.71. The van der Waals surface area contributed by atoms with Gasteiger partial charge in [-0.3, -0.25) is 9.69 Å². The van der Waals surface area contributed by atoms with Crippen LogP contribution >= 0.6 is 11.6 Å². The first-order valence-corrected chi connectivity index (χ1v) is 10.7. The highest BCUT2D eigenvalue weighted by molar-refractivity contribution is 6.30. The normalized spacial score (nSPS) is 15.0. The van der Waals surface area contributed by atoms with Gasteiger partial charge in [-0.25, -0.2) is 9.18 Å². The summed E-state index contributed by atoms with van der Waals surface area (Å²) in [4.78, 5) is 27.3. The van der Waals surface area contributed by atoms with Gasteiger partial charge in [-0.2, -0.15) is 0 Å². The molecule has 0 radical (unpaired) electrons. The number of carbonyl (C=O) groups is 2. The topological polar surface area (TPSA) is 51.5 Å². The summed E-state index contributed by atoms with van der Waals surface area (Å²) < 4.78 is 21.5. The summed E-state index contributed by atoms with van der Waals surface area (Å²) in [6, 6.07) is 15.3. The smallest absolute Gasteiger partial charge is 0.340 e. The quantitative estimate of drug-likeness (QED) is 0.364. The monoisotopic (exact) mass is 464 g/mol. The van der Waals surface area contributed by atoms with Gasteiger partial charge in [0.15, 0.2) is 0 Å². The zero-order valence-electron chi connectivity index (χ0n) is 18.6.